The fourth-order valence-corrected chi connectivity index (χ4v) is 3.31. The standard InChI is InChI=1S/C22H26N4O5/c1-4-5-12-26-18-9-7-6-8-16(18)23-17(21(26)29)10-11-20(28)31-14-15-13-19(27)25(3)22(30)24(15)2/h6-9,13H,4-5,10-12,14H2,1-3H3. The maximum absolute atomic E-state index is 12.9. The summed E-state index contributed by atoms with van der Waals surface area (Å²) in [5.41, 5.74) is 0.929. The average Bonchev–Trinajstić information content (AvgIpc) is 2.77. The predicted molar refractivity (Wildman–Crippen MR) is 116 cm³/mol. The molecular weight excluding hydrogens is 400 g/mol. The van der Waals surface area contributed by atoms with E-state index >= 15 is 0 Å². The van der Waals surface area contributed by atoms with Crippen LogP contribution in [-0.2, 0) is 43.2 Å². The van der Waals surface area contributed by atoms with Crippen LogP contribution in [0.15, 0.2) is 44.7 Å². The number of hydrogen-bond acceptors (Lipinski definition) is 6. The van der Waals surface area contributed by atoms with Crippen LogP contribution in [0.2, 0.25) is 0 Å². The molecule has 1 aromatic carbocycles. The molecule has 0 radical (unpaired) electrons. The number of nitrogens with zero attached hydrogens (tertiary/aromatic N) is 4. The van der Waals surface area contributed by atoms with Gasteiger partial charge in [0, 0.05) is 33.1 Å². The third kappa shape index (κ3) is 4.82. The van der Waals surface area contributed by atoms with Gasteiger partial charge in [-0.05, 0) is 18.6 Å². The number of carbonyl (C=O) groups excluding carboxylic acids is 1. The smallest absolute Gasteiger partial charge is 0.330 e. The maximum Gasteiger partial charge on any atom is 0.330 e. The first-order valence-corrected chi connectivity index (χ1v) is 10.2. The number of aryl methyl sites for hydroxylation is 2. The van der Waals surface area contributed by atoms with E-state index in [4.69, 9.17) is 4.74 Å². The van der Waals surface area contributed by atoms with Crippen molar-refractivity contribution in [3.8, 4) is 0 Å². The van der Waals surface area contributed by atoms with E-state index in [1.807, 2.05) is 24.3 Å². The van der Waals surface area contributed by atoms with Crippen molar-refractivity contribution in [2.75, 3.05) is 0 Å². The normalized spacial score (nSPS) is 11.1. The summed E-state index contributed by atoms with van der Waals surface area (Å²) in [6, 6.07) is 8.69. The van der Waals surface area contributed by atoms with Gasteiger partial charge in [-0.15, -0.1) is 0 Å². The van der Waals surface area contributed by atoms with Gasteiger partial charge >= 0.3 is 11.7 Å². The number of rotatable bonds is 8. The second-order valence-electron chi connectivity index (χ2n) is 7.39. The van der Waals surface area contributed by atoms with Crippen LogP contribution in [-0.4, -0.2) is 24.7 Å². The molecule has 0 saturated heterocycles. The SMILES string of the molecule is CCCCn1c(=O)c(CCC(=O)OCc2cc(=O)n(C)c(=O)n2C)nc2ccccc21. The van der Waals surface area contributed by atoms with Crippen molar-refractivity contribution in [1.82, 2.24) is 18.7 Å². The van der Waals surface area contributed by atoms with E-state index in [1.54, 1.807) is 4.57 Å². The number of ether oxygens (including phenoxy) is 1. The highest BCUT2D eigenvalue weighted by Gasteiger charge is 2.14. The summed E-state index contributed by atoms with van der Waals surface area (Å²) in [4.78, 5) is 53.3. The second kappa shape index (κ2) is 9.55. The van der Waals surface area contributed by atoms with Gasteiger partial charge in [0.25, 0.3) is 11.1 Å². The topological polar surface area (TPSA) is 105 Å². The van der Waals surface area contributed by atoms with Gasteiger partial charge in [0.2, 0.25) is 0 Å². The van der Waals surface area contributed by atoms with E-state index in [0.717, 1.165) is 22.9 Å². The Morgan fingerprint density at radius 3 is 2.58 bits per heavy atom. The first-order chi connectivity index (χ1) is 14.8. The number of unbranched alkanes of at least 4 members (excludes halogenated alkanes) is 1. The summed E-state index contributed by atoms with van der Waals surface area (Å²) >= 11 is 0. The molecule has 3 rings (SSSR count). The van der Waals surface area contributed by atoms with Crippen LogP contribution in [0.4, 0.5) is 0 Å². The molecule has 0 spiro atoms. The summed E-state index contributed by atoms with van der Waals surface area (Å²) in [7, 11) is 2.88. The monoisotopic (exact) mass is 426 g/mol. The van der Waals surface area contributed by atoms with E-state index in [9.17, 15) is 19.2 Å². The molecule has 0 aliphatic rings. The van der Waals surface area contributed by atoms with Gasteiger partial charge in [0.1, 0.15) is 12.3 Å². The minimum absolute atomic E-state index is 0.0346. The molecule has 0 saturated carbocycles. The molecule has 0 fully saturated rings. The maximum atomic E-state index is 12.9. The van der Waals surface area contributed by atoms with E-state index in [-0.39, 0.29) is 25.0 Å². The Hall–Kier alpha value is -3.49. The highest BCUT2D eigenvalue weighted by Crippen LogP contribution is 2.12. The number of benzene rings is 1. The molecular formula is C22H26N4O5. The zero-order valence-corrected chi connectivity index (χ0v) is 18.0. The quantitative estimate of drug-likeness (QED) is 0.503. The highest BCUT2D eigenvalue weighted by molar-refractivity contribution is 5.75. The first-order valence-electron chi connectivity index (χ1n) is 10.2. The van der Waals surface area contributed by atoms with Gasteiger partial charge in [-0.3, -0.25) is 23.5 Å². The molecule has 0 N–H and O–H groups in total. The Kier molecular flexibility index (Phi) is 6.84. The van der Waals surface area contributed by atoms with E-state index in [2.05, 4.69) is 11.9 Å². The Bertz CT molecular complexity index is 1290. The zero-order chi connectivity index (χ0) is 22.5. The average molecular weight is 426 g/mol. The lowest BCUT2D eigenvalue weighted by Gasteiger charge is -2.12. The fourth-order valence-electron chi connectivity index (χ4n) is 3.31. The summed E-state index contributed by atoms with van der Waals surface area (Å²) in [5, 5.41) is 0. The van der Waals surface area contributed by atoms with E-state index < -0.39 is 17.2 Å². The van der Waals surface area contributed by atoms with Gasteiger partial charge in [-0.1, -0.05) is 25.5 Å². The van der Waals surface area contributed by atoms with Gasteiger partial charge in [0.15, 0.2) is 0 Å². The number of fused-ring (bicyclic) bond motifs is 1. The number of esters is 1. The number of hydrogen-bond donors (Lipinski definition) is 0. The molecule has 0 atom stereocenters. The lowest BCUT2D eigenvalue weighted by atomic mass is 10.2. The fraction of sp³-hybridized carbons (Fsp3) is 0.409. The van der Waals surface area contributed by atoms with Gasteiger partial charge in [0.05, 0.1) is 23.1 Å². The van der Waals surface area contributed by atoms with Crippen molar-refractivity contribution >= 4 is 17.0 Å². The number of para-hydroxylation sites is 2. The van der Waals surface area contributed by atoms with Gasteiger partial charge in [-0.2, -0.15) is 0 Å². The molecule has 9 heteroatoms. The molecule has 0 aliphatic heterocycles. The van der Waals surface area contributed by atoms with Gasteiger partial charge < -0.3 is 9.30 Å². The molecule has 2 heterocycles. The van der Waals surface area contributed by atoms with Gasteiger partial charge in [-0.25, -0.2) is 9.78 Å². The van der Waals surface area contributed by atoms with Crippen molar-refractivity contribution < 1.29 is 9.53 Å². The Morgan fingerprint density at radius 2 is 1.84 bits per heavy atom. The van der Waals surface area contributed by atoms with Crippen molar-refractivity contribution in [2.24, 2.45) is 14.1 Å². The van der Waals surface area contributed by atoms with Crippen LogP contribution < -0.4 is 16.8 Å². The molecule has 3 aromatic rings. The summed E-state index contributed by atoms with van der Waals surface area (Å²) in [5.74, 6) is -0.539. The minimum Gasteiger partial charge on any atom is -0.459 e. The first kappa shape index (κ1) is 22.2. The molecule has 0 bridgehead atoms. The third-order valence-electron chi connectivity index (χ3n) is 5.23. The zero-order valence-electron chi connectivity index (χ0n) is 18.0. The Balaban J connectivity index is 1.73. The highest BCUT2D eigenvalue weighted by atomic mass is 16.5. The molecule has 31 heavy (non-hydrogen) atoms. The van der Waals surface area contributed by atoms with Crippen molar-refractivity contribution in [3.05, 3.63) is 72.9 Å². The number of aromatic nitrogens is 4. The molecule has 2 aromatic heterocycles. The summed E-state index contributed by atoms with van der Waals surface area (Å²) in [6.45, 7) is 2.45. The lowest BCUT2D eigenvalue weighted by molar-refractivity contribution is -0.145. The Labute approximate surface area is 178 Å². The van der Waals surface area contributed by atoms with Crippen LogP contribution in [0.3, 0.4) is 0 Å². The summed E-state index contributed by atoms with van der Waals surface area (Å²) in [6.07, 6.45) is 1.93. The summed E-state index contributed by atoms with van der Waals surface area (Å²) < 4.78 is 9.16. The number of carbonyl (C=O) groups is 1. The van der Waals surface area contributed by atoms with Crippen LogP contribution in [0.1, 0.15) is 37.6 Å². The predicted octanol–water partition coefficient (Wildman–Crippen LogP) is 1.27. The van der Waals surface area contributed by atoms with E-state index in [0.29, 0.717) is 23.4 Å². The third-order valence-corrected chi connectivity index (χ3v) is 5.23. The van der Waals surface area contributed by atoms with E-state index in [1.165, 1.54) is 24.7 Å². The molecule has 164 valence electrons. The lowest BCUT2D eigenvalue weighted by Crippen LogP contribution is -2.38. The largest absolute Gasteiger partial charge is 0.459 e. The molecule has 0 amide bonds. The molecule has 0 unspecified atom stereocenters. The van der Waals surface area contributed by atoms with Crippen molar-refractivity contribution in [3.63, 3.8) is 0 Å². The van der Waals surface area contributed by atoms with Crippen molar-refractivity contribution in [2.45, 2.75) is 45.8 Å². The van der Waals surface area contributed by atoms with Crippen LogP contribution in [0, 0.1) is 0 Å². The minimum atomic E-state index is -0.539. The van der Waals surface area contributed by atoms with Crippen LogP contribution in [0.5, 0.6) is 0 Å². The molecule has 9 nitrogen and oxygen atoms in total. The van der Waals surface area contributed by atoms with Crippen molar-refractivity contribution in [1.29, 1.82) is 0 Å². The Morgan fingerprint density at radius 1 is 1.10 bits per heavy atom. The van der Waals surface area contributed by atoms with Crippen LogP contribution in [0.25, 0.3) is 11.0 Å². The molecule has 0 aliphatic carbocycles. The van der Waals surface area contributed by atoms with Crippen LogP contribution >= 0.6 is 0 Å². The second-order valence-corrected chi connectivity index (χ2v) is 7.39.